The van der Waals surface area contributed by atoms with E-state index in [0.717, 1.165) is 22.5 Å². The van der Waals surface area contributed by atoms with Gasteiger partial charge in [0.2, 0.25) is 5.91 Å². The van der Waals surface area contributed by atoms with E-state index >= 15 is 0 Å². The predicted octanol–water partition coefficient (Wildman–Crippen LogP) is 3.90. The van der Waals surface area contributed by atoms with E-state index in [9.17, 15) is 13.2 Å². The molecule has 0 bridgehead atoms. The topological polar surface area (TPSA) is 88.2 Å². The SMILES string of the molecule is CCCC(=O)Nc1nc2cc(NS(=O)(=O)c3cccs3)ccc2s1. The molecule has 1 amide bonds. The molecule has 1 aromatic carbocycles. The first kappa shape index (κ1) is 16.9. The van der Waals surface area contributed by atoms with Gasteiger partial charge < -0.3 is 5.32 Å². The molecule has 0 spiro atoms. The smallest absolute Gasteiger partial charge is 0.271 e. The molecular weight excluding hydrogens is 366 g/mol. The van der Waals surface area contributed by atoms with Crippen molar-refractivity contribution in [3.05, 3.63) is 35.7 Å². The fourth-order valence-electron chi connectivity index (χ4n) is 2.08. The fourth-order valence-corrected chi connectivity index (χ4v) is 4.98. The van der Waals surface area contributed by atoms with Gasteiger partial charge in [0.05, 0.1) is 15.9 Å². The molecule has 0 unspecified atom stereocenters. The monoisotopic (exact) mass is 381 g/mol. The van der Waals surface area contributed by atoms with Crippen LogP contribution in [0, 0.1) is 0 Å². The van der Waals surface area contributed by atoms with Crippen molar-refractivity contribution in [2.45, 2.75) is 24.0 Å². The van der Waals surface area contributed by atoms with Crippen LogP contribution in [-0.4, -0.2) is 19.3 Å². The van der Waals surface area contributed by atoms with Crippen LogP contribution in [-0.2, 0) is 14.8 Å². The van der Waals surface area contributed by atoms with Crippen molar-refractivity contribution >= 4 is 59.6 Å². The van der Waals surface area contributed by atoms with Gasteiger partial charge in [-0.25, -0.2) is 13.4 Å². The van der Waals surface area contributed by atoms with E-state index in [4.69, 9.17) is 0 Å². The molecule has 0 radical (unpaired) electrons. The Morgan fingerprint density at radius 3 is 2.83 bits per heavy atom. The third-order valence-electron chi connectivity index (χ3n) is 3.12. The molecule has 0 fully saturated rings. The summed E-state index contributed by atoms with van der Waals surface area (Å²) in [5.74, 6) is -0.0739. The number of thiazole rings is 1. The second kappa shape index (κ2) is 6.88. The van der Waals surface area contributed by atoms with Gasteiger partial charge in [-0.05, 0) is 36.1 Å². The Hall–Kier alpha value is -1.97. The van der Waals surface area contributed by atoms with E-state index in [0.29, 0.717) is 22.8 Å². The minimum atomic E-state index is -3.58. The molecule has 3 rings (SSSR count). The molecule has 6 nitrogen and oxygen atoms in total. The largest absolute Gasteiger partial charge is 0.302 e. The van der Waals surface area contributed by atoms with Crippen molar-refractivity contribution in [1.82, 2.24) is 4.98 Å². The van der Waals surface area contributed by atoms with Gasteiger partial charge in [0.15, 0.2) is 5.13 Å². The molecule has 24 heavy (non-hydrogen) atoms. The Bertz CT molecular complexity index is 962. The zero-order valence-electron chi connectivity index (χ0n) is 12.8. The van der Waals surface area contributed by atoms with Crippen molar-refractivity contribution in [1.29, 1.82) is 0 Å². The van der Waals surface area contributed by atoms with Gasteiger partial charge in [-0.15, -0.1) is 11.3 Å². The maximum Gasteiger partial charge on any atom is 0.271 e. The maximum absolute atomic E-state index is 12.2. The van der Waals surface area contributed by atoms with E-state index in [1.165, 1.54) is 11.3 Å². The normalized spacial score (nSPS) is 11.5. The van der Waals surface area contributed by atoms with Gasteiger partial charge in [-0.1, -0.05) is 24.3 Å². The Kier molecular flexibility index (Phi) is 4.83. The van der Waals surface area contributed by atoms with Crippen LogP contribution in [0.1, 0.15) is 19.8 Å². The Morgan fingerprint density at radius 2 is 2.12 bits per heavy atom. The molecule has 2 heterocycles. The average Bonchev–Trinajstić information content (AvgIpc) is 3.15. The summed E-state index contributed by atoms with van der Waals surface area (Å²) in [7, 11) is -3.58. The average molecular weight is 382 g/mol. The van der Waals surface area contributed by atoms with E-state index < -0.39 is 10.0 Å². The summed E-state index contributed by atoms with van der Waals surface area (Å²) in [6.07, 6.45) is 1.22. The van der Waals surface area contributed by atoms with E-state index in [2.05, 4.69) is 15.0 Å². The lowest BCUT2D eigenvalue weighted by atomic mass is 10.3. The van der Waals surface area contributed by atoms with Crippen molar-refractivity contribution < 1.29 is 13.2 Å². The molecule has 0 saturated carbocycles. The predicted molar refractivity (Wildman–Crippen MR) is 98.3 cm³/mol. The van der Waals surface area contributed by atoms with Crippen LogP contribution < -0.4 is 10.0 Å². The Balaban J connectivity index is 1.82. The van der Waals surface area contributed by atoms with Crippen molar-refractivity contribution in [3.63, 3.8) is 0 Å². The number of rotatable bonds is 6. The highest BCUT2D eigenvalue weighted by Gasteiger charge is 2.16. The number of benzene rings is 1. The van der Waals surface area contributed by atoms with Gasteiger partial charge in [-0.3, -0.25) is 9.52 Å². The van der Waals surface area contributed by atoms with Crippen LogP contribution in [0.25, 0.3) is 10.2 Å². The number of aromatic nitrogens is 1. The first-order chi connectivity index (χ1) is 11.5. The number of sulfonamides is 1. The fraction of sp³-hybridized carbons (Fsp3) is 0.200. The van der Waals surface area contributed by atoms with E-state index in [1.54, 1.807) is 35.7 Å². The summed E-state index contributed by atoms with van der Waals surface area (Å²) in [5, 5.41) is 4.98. The maximum atomic E-state index is 12.2. The summed E-state index contributed by atoms with van der Waals surface area (Å²) >= 11 is 2.51. The number of thiophene rings is 1. The molecule has 2 aromatic heterocycles. The van der Waals surface area contributed by atoms with Crippen molar-refractivity contribution in [2.24, 2.45) is 0 Å². The van der Waals surface area contributed by atoms with Crippen LogP contribution in [0.15, 0.2) is 39.9 Å². The summed E-state index contributed by atoms with van der Waals surface area (Å²) in [5.41, 5.74) is 1.07. The third-order valence-corrected chi connectivity index (χ3v) is 6.85. The third kappa shape index (κ3) is 3.74. The molecule has 0 aliphatic heterocycles. The molecule has 0 atom stereocenters. The lowest BCUT2D eigenvalue weighted by Gasteiger charge is -2.05. The highest BCUT2D eigenvalue weighted by atomic mass is 32.2. The molecule has 0 aliphatic rings. The number of nitrogens with zero attached hydrogens (tertiary/aromatic N) is 1. The van der Waals surface area contributed by atoms with Gasteiger partial charge in [0, 0.05) is 6.42 Å². The molecule has 9 heteroatoms. The van der Waals surface area contributed by atoms with Crippen LogP contribution in [0.3, 0.4) is 0 Å². The summed E-state index contributed by atoms with van der Waals surface area (Å²) in [6, 6.07) is 8.37. The minimum absolute atomic E-state index is 0.0739. The van der Waals surface area contributed by atoms with Gasteiger partial charge in [0.25, 0.3) is 10.0 Å². The van der Waals surface area contributed by atoms with Crippen LogP contribution in [0.4, 0.5) is 10.8 Å². The number of amides is 1. The van der Waals surface area contributed by atoms with Crippen LogP contribution in [0.2, 0.25) is 0 Å². The lowest BCUT2D eigenvalue weighted by Crippen LogP contribution is -2.11. The molecule has 2 N–H and O–H groups in total. The van der Waals surface area contributed by atoms with Gasteiger partial charge in [-0.2, -0.15) is 0 Å². The number of fused-ring (bicyclic) bond motifs is 1. The number of anilines is 2. The molecule has 3 aromatic rings. The van der Waals surface area contributed by atoms with E-state index in [-0.39, 0.29) is 10.1 Å². The summed E-state index contributed by atoms with van der Waals surface area (Å²) in [6.45, 7) is 1.93. The van der Waals surface area contributed by atoms with Crippen molar-refractivity contribution in [3.8, 4) is 0 Å². The van der Waals surface area contributed by atoms with Crippen LogP contribution >= 0.6 is 22.7 Å². The van der Waals surface area contributed by atoms with Gasteiger partial charge >= 0.3 is 0 Å². The first-order valence-electron chi connectivity index (χ1n) is 7.25. The number of nitrogens with one attached hydrogen (secondary N) is 2. The first-order valence-corrected chi connectivity index (χ1v) is 10.4. The number of hydrogen-bond acceptors (Lipinski definition) is 6. The zero-order chi connectivity index (χ0) is 17.2. The number of hydrogen-bond donors (Lipinski definition) is 2. The highest BCUT2D eigenvalue weighted by Crippen LogP contribution is 2.29. The molecular formula is C15H15N3O3S3. The quantitative estimate of drug-likeness (QED) is 0.678. The molecule has 0 aliphatic carbocycles. The second-order valence-electron chi connectivity index (χ2n) is 5.04. The molecule has 0 saturated heterocycles. The summed E-state index contributed by atoms with van der Waals surface area (Å²) in [4.78, 5) is 16.0. The molecule has 126 valence electrons. The van der Waals surface area contributed by atoms with Crippen LogP contribution in [0.5, 0.6) is 0 Å². The minimum Gasteiger partial charge on any atom is -0.302 e. The highest BCUT2D eigenvalue weighted by molar-refractivity contribution is 7.94. The number of carbonyl (C=O) groups is 1. The Labute approximate surface area is 147 Å². The Morgan fingerprint density at radius 1 is 1.29 bits per heavy atom. The zero-order valence-corrected chi connectivity index (χ0v) is 15.2. The lowest BCUT2D eigenvalue weighted by molar-refractivity contribution is -0.116. The number of carbonyl (C=O) groups excluding carboxylic acids is 1. The van der Waals surface area contributed by atoms with E-state index in [1.807, 2.05) is 6.92 Å². The second-order valence-corrected chi connectivity index (χ2v) is 8.92. The standard InChI is InChI=1S/C15H15N3O3S3/c1-2-4-13(19)17-15-16-11-9-10(6-7-12(11)23-15)18-24(20,21)14-5-3-8-22-14/h3,5-9,18H,2,4H2,1H3,(H,16,17,19). The van der Waals surface area contributed by atoms with Crippen molar-refractivity contribution in [2.75, 3.05) is 10.0 Å². The summed E-state index contributed by atoms with van der Waals surface area (Å²) < 4.78 is 28.2. The van der Waals surface area contributed by atoms with Gasteiger partial charge in [0.1, 0.15) is 4.21 Å².